The van der Waals surface area contributed by atoms with E-state index in [-0.39, 0.29) is 6.85 Å². The van der Waals surface area contributed by atoms with Crippen LogP contribution >= 0.6 is 0 Å². The van der Waals surface area contributed by atoms with Gasteiger partial charge >= 0.3 is 6.85 Å². The largest absolute Gasteiger partial charge is 0.440 e. The summed E-state index contributed by atoms with van der Waals surface area (Å²) >= 11 is 0. The number of hydrogen-bond acceptors (Lipinski definition) is 2. The second-order valence-corrected chi connectivity index (χ2v) is 13.2. The summed E-state index contributed by atoms with van der Waals surface area (Å²) in [5.74, 6) is 0.887. The van der Waals surface area contributed by atoms with E-state index >= 15 is 0 Å². The van der Waals surface area contributed by atoms with Gasteiger partial charge in [-0.25, -0.2) is 0 Å². The summed E-state index contributed by atoms with van der Waals surface area (Å²) in [7, 11) is 0. The third-order valence-corrected chi connectivity index (χ3v) is 10.9. The van der Waals surface area contributed by atoms with E-state index in [0.717, 1.165) is 33.9 Å². The van der Waals surface area contributed by atoms with Crippen LogP contribution in [0.25, 0.3) is 71.4 Å². The average Bonchev–Trinajstić information content (AvgIpc) is 3.82. The van der Waals surface area contributed by atoms with Crippen LogP contribution in [0.1, 0.15) is 0 Å². The average molecular weight is 624 g/mol. The molecule has 226 valence electrons. The highest BCUT2D eigenvalue weighted by molar-refractivity contribution is 6.91. The minimum absolute atomic E-state index is 0.0698. The molecule has 0 saturated heterocycles. The molecule has 0 saturated carbocycles. The lowest BCUT2D eigenvalue weighted by atomic mass is 9.45. The molecule has 12 rings (SSSR count). The van der Waals surface area contributed by atoms with Crippen LogP contribution in [0.15, 0.2) is 162 Å². The number of para-hydroxylation sites is 5. The van der Waals surface area contributed by atoms with Gasteiger partial charge < -0.3 is 13.5 Å². The Bertz CT molecular complexity index is 3010. The molecule has 0 fully saturated rings. The van der Waals surface area contributed by atoms with Gasteiger partial charge in [-0.1, -0.05) is 103 Å². The smallest absolute Gasteiger partial charge is 0.337 e. The first kappa shape index (κ1) is 25.6. The lowest BCUT2D eigenvalue weighted by Gasteiger charge is -2.37. The second kappa shape index (κ2) is 9.12. The summed E-state index contributed by atoms with van der Waals surface area (Å²) in [6.07, 6.45) is 0. The maximum absolute atomic E-state index is 6.87. The molecule has 0 aliphatic carbocycles. The molecule has 0 unspecified atom stereocenters. The van der Waals surface area contributed by atoms with Crippen LogP contribution in [-0.2, 0) is 0 Å². The molecule has 2 aliphatic rings. The zero-order valence-electron chi connectivity index (χ0n) is 26.3. The summed E-state index contributed by atoms with van der Waals surface area (Å²) in [6, 6.07) is 57.1. The summed E-state index contributed by atoms with van der Waals surface area (Å²) in [5.41, 5.74) is 14.3. The van der Waals surface area contributed by atoms with Crippen molar-refractivity contribution in [2.24, 2.45) is 0 Å². The van der Waals surface area contributed by atoms with Crippen molar-refractivity contribution in [1.82, 2.24) is 9.05 Å². The van der Waals surface area contributed by atoms with Gasteiger partial charge in [-0.2, -0.15) is 0 Å². The Labute approximate surface area is 281 Å². The van der Waals surface area contributed by atoms with Crippen molar-refractivity contribution in [3.8, 4) is 16.8 Å². The molecule has 2 aliphatic heterocycles. The summed E-state index contributed by atoms with van der Waals surface area (Å²) in [5, 5.41) is 6.30. The Morgan fingerprint density at radius 2 is 1.12 bits per heavy atom. The van der Waals surface area contributed by atoms with E-state index in [0.29, 0.717) is 0 Å². The Morgan fingerprint density at radius 3 is 1.92 bits per heavy atom. The summed E-state index contributed by atoms with van der Waals surface area (Å²) in [4.78, 5) is 2.33. The second-order valence-electron chi connectivity index (χ2n) is 13.2. The molecular formula is C44H26BN3O. The number of anilines is 3. The minimum Gasteiger partial charge on any atom is -0.440 e. The van der Waals surface area contributed by atoms with Gasteiger partial charge in [0.15, 0.2) is 0 Å². The molecule has 0 amide bonds. The molecule has 5 heteroatoms. The first-order chi connectivity index (χ1) is 24.4. The van der Waals surface area contributed by atoms with Crippen molar-refractivity contribution in [2.75, 3.05) is 4.90 Å². The summed E-state index contributed by atoms with van der Waals surface area (Å²) in [6.45, 7) is -0.0698. The summed E-state index contributed by atoms with van der Waals surface area (Å²) < 4.78 is 12.0. The molecule has 3 aromatic heterocycles. The van der Waals surface area contributed by atoms with Crippen LogP contribution < -0.4 is 15.8 Å². The van der Waals surface area contributed by atoms with Gasteiger partial charge in [0.1, 0.15) is 5.58 Å². The predicted molar refractivity (Wildman–Crippen MR) is 204 cm³/mol. The number of nitrogens with zero attached hydrogens (tertiary/aromatic N) is 3. The number of aromatic nitrogens is 2. The Hall–Kier alpha value is -6.46. The first-order valence-electron chi connectivity index (χ1n) is 16.9. The fourth-order valence-corrected chi connectivity index (χ4v) is 9.07. The molecule has 10 aromatic rings. The van der Waals surface area contributed by atoms with E-state index in [9.17, 15) is 0 Å². The van der Waals surface area contributed by atoms with Crippen LogP contribution in [-0.4, -0.2) is 15.9 Å². The molecular weight excluding hydrogens is 597 g/mol. The van der Waals surface area contributed by atoms with Gasteiger partial charge in [-0.15, -0.1) is 0 Å². The van der Waals surface area contributed by atoms with Gasteiger partial charge in [-0.05, 0) is 65.6 Å². The third kappa shape index (κ3) is 3.11. The molecule has 0 N–H and O–H groups in total. The quantitative estimate of drug-likeness (QED) is 0.179. The zero-order valence-corrected chi connectivity index (χ0v) is 26.3. The topological polar surface area (TPSA) is 26.2 Å². The van der Waals surface area contributed by atoms with E-state index in [1.54, 1.807) is 0 Å². The maximum Gasteiger partial charge on any atom is 0.337 e. The highest BCUT2D eigenvalue weighted by atomic mass is 16.4. The van der Waals surface area contributed by atoms with Gasteiger partial charge in [-0.3, -0.25) is 4.90 Å². The standard InChI is InChI=1S/C44H26BN3O/c1-3-14-27(15-4-1)46-34-22-10-7-18-30(34)39-37(46)26-33-29-21-13-24-36-41(29)45(48-35-23-11-8-19-31(35)40(39)43(33)48)42-32-20-9-12-25-38(32)49-44(42)47(36)28-16-5-2-6-17-28/h1-26H. The van der Waals surface area contributed by atoms with Crippen LogP contribution in [0.3, 0.4) is 0 Å². The molecule has 0 spiro atoms. The van der Waals surface area contributed by atoms with E-state index in [1.807, 2.05) is 0 Å². The maximum atomic E-state index is 6.87. The van der Waals surface area contributed by atoms with E-state index in [2.05, 4.69) is 172 Å². The van der Waals surface area contributed by atoms with Crippen LogP contribution in [0, 0.1) is 0 Å². The number of rotatable bonds is 2. The fourth-order valence-electron chi connectivity index (χ4n) is 9.07. The van der Waals surface area contributed by atoms with Crippen LogP contribution in [0.2, 0.25) is 0 Å². The van der Waals surface area contributed by atoms with Gasteiger partial charge in [0.25, 0.3) is 0 Å². The lowest BCUT2D eigenvalue weighted by molar-refractivity contribution is 0.622. The first-order valence-corrected chi connectivity index (χ1v) is 16.9. The third-order valence-electron chi connectivity index (χ3n) is 10.9. The minimum atomic E-state index is -0.0698. The predicted octanol–water partition coefficient (Wildman–Crippen LogP) is 10.1. The molecule has 0 bridgehead atoms. The molecule has 4 nitrogen and oxygen atoms in total. The molecule has 5 heterocycles. The molecule has 49 heavy (non-hydrogen) atoms. The van der Waals surface area contributed by atoms with Crippen molar-refractivity contribution in [3.05, 3.63) is 158 Å². The number of benzene rings is 7. The highest BCUT2D eigenvalue weighted by Gasteiger charge is 2.46. The van der Waals surface area contributed by atoms with Gasteiger partial charge in [0.05, 0.1) is 11.0 Å². The van der Waals surface area contributed by atoms with Crippen LogP contribution in [0.4, 0.5) is 17.3 Å². The SMILES string of the molecule is c1ccc(N2c3cccc4c3B(c3c2oc2ccccc32)n2c3ccccc3c3c5c6ccccc6n(-c6ccccc6)c5cc-4c32)cc1. The Morgan fingerprint density at radius 1 is 0.469 bits per heavy atom. The van der Waals surface area contributed by atoms with Crippen LogP contribution in [0.5, 0.6) is 0 Å². The Kier molecular flexibility index (Phi) is 4.77. The number of furan rings is 1. The lowest BCUT2D eigenvalue weighted by Crippen LogP contribution is -2.56. The van der Waals surface area contributed by atoms with Gasteiger partial charge in [0, 0.05) is 66.1 Å². The normalized spacial score (nSPS) is 13.2. The van der Waals surface area contributed by atoms with E-state index in [1.165, 1.54) is 65.7 Å². The zero-order chi connectivity index (χ0) is 31.8. The molecule has 7 aromatic carbocycles. The van der Waals surface area contributed by atoms with E-state index in [4.69, 9.17) is 4.42 Å². The molecule has 0 radical (unpaired) electrons. The van der Waals surface area contributed by atoms with Crippen molar-refractivity contribution in [1.29, 1.82) is 0 Å². The Balaban J connectivity index is 1.33. The van der Waals surface area contributed by atoms with Crippen molar-refractivity contribution >= 4 is 89.6 Å². The fraction of sp³-hybridized carbons (Fsp3) is 0. The van der Waals surface area contributed by atoms with Gasteiger partial charge in [0.2, 0.25) is 5.88 Å². The number of hydrogen-bond donors (Lipinski definition) is 0. The van der Waals surface area contributed by atoms with E-state index < -0.39 is 0 Å². The van der Waals surface area contributed by atoms with Crippen molar-refractivity contribution in [3.63, 3.8) is 0 Å². The van der Waals surface area contributed by atoms with Crippen molar-refractivity contribution < 1.29 is 4.42 Å². The number of fused-ring (bicyclic) bond motifs is 13. The van der Waals surface area contributed by atoms with Crippen molar-refractivity contribution in [2.45, 2.75) is 0 Å². The monoisotopic (exact) mass is 623 g/mol. The highest BCUT2D eigenvalue weighted by Crippen LogP contribution is 2.50. The molecule has 0 atom stereocenters.